The molecule has 0 unspecified atom stereocenters. The molecule has 0 atom stereocenters. The van der Waals surface area contributed by atoms with E-state index in [0.29, 0.717) is 11.4 Å². The van der Waals surface area contributed by atoms with Crippen molar-refractivity contribution in [2.24, 2.45) is 0 Å². The molecule has 0 saturated heterocycles. The minimum atomic E-state index is -0.141. The van der Waals surface area contributed by atoms with Gasteiger partial charge < -0.3 is 5.32 Å². The Morgan fingerprint density at radius 1 is 1.30 bits per heavy atom. The van der Waals surface area contributed by atoms with Crippen LogP contribution < -0.4 is 5.32 Å². The van der Waals surface area contributed by atoms with E-state index in [0.717, 1.165) is 17.1 Å². The van der Waals surface area contributed by atoms with Gasteiger partial charge in [0.2, 0.25) is 0 Å². The van der Waals surface area contributed by atoms with Crippen LogP contribution in [0.3, 0.4) is 0 Å². The predicted octanol–water partition coefficient (Wildman–Crippen LogP) is 3.92. The van der Waals surface area contributed by atoms with Crippen molar-refractivity contribution in [3.05, 3.63) is 58.2 Å². The second kappa shape index (κ2) is 8.39. The maximum Gasteiger partial charge on any atom is 0.257 e. The first-order chi connectivity index (χ1) is 9.58. The number of hydrogen-bond donors (Lipinski definition) is 1. The summed E-state index contributed by atoms with van der Waals surface area (Å²) in [6.45, 7) is 1.91. The molecule has 1 amide bonds. The molecule has 0 aliphatic heterocycles. The number of anilines is 1. The van der Waals surface area contributed by atoms with Gasteiger partial charge in [-0.25, -0.2) is 4.98 Å². The van der Waals surface area contributed by atoms with E-state index in [1.165, 1.54) is 0 Å². The Hall–Kier alpha value is -1.79. The Morgan fingerprint density at radius 2 is 1.95 bits per heavy atom. The number of hydrogen-bond acceptors (Lipinski definition) is 3. The first-order valence-electron chi connectivity index (χ1n) is 5.71. The number of carbonyl (C=O) groups excluding carboxylic acids is 1. The number of aryl methyl sites for hydroxylation is 1. The van der Waals surface area contributed by atoms with Gasteiger partial charge in [0, 0.05) is 16.2 Å². The largest absolute Gasteiger partial charge is 0.307 e. The van der Waals surface area contributed by atoms with Gasteiger partial charge in [-0.05, 0) is 51.1 Å². The van der Waals surface area contributed by atoms with Crippen molar-refractivity contribution in [2.45, 2.75) is 6.92 Å². The standard InChI is InChI=1S/C13H11BrN2O.CH3FO/c1-9-4-2-3-5-11(9)13(17)16-12-7-6-10(14)8-15-12;1-3-2/h2-8H,1H3,(H,15,16,17);1H3. The van der Waals surface area contributed by atoms with Gasteiger partial charge in [0.1, 0.15) is 5.82 Å². The highest BCUT2D eigenvalue weighted by Gasteiger charge is 2.08. The highest BCUT2D eigenvalue weighted by molar-refractivity contribution is 9.10. The summed E-state index contributed by atoms with van der Waals surface area (Å²) < 4.78 is 10.7. The first-order valence-corrected chi connectivity index (χ1v) is 6.51. The van der Waals surface area contributed by atoms with Gasteiger partial charge in [-0.15, -0.1) is 0 Å². The Bertz CT molecular complexity index is 561. The third-order valence-electron chi connectivity index (χ3n) is 2.36. The fourth-order valence-corrected chi connectivity index (χ4v) is 1.70. The lowest BCUT2D eigenvalue weighted by atomic mass is 10.1. The SMILES string of the molecule is COF.Cc1ccccc1C(=O)Nc1ccc(Br)cn1. The molecule has 0 aliphatic rings. The third kappa shape index (κ3) is 5.07. The van der Waals surface area contributed by atoms with E-state index >= 15 is 0 Å². The quantitative estimate of drug-likeness (QED) is 0.901. The number of nitrogens with one attached hydrogen (secondary N) is 1. The number of nitrogens with zero attached hydrogens (tertiary/aromatic N) is 1. The summed E-state index contributed by atoms with van der Waals surface area (Å²) in [6.07, 6.45) is 1.65. The van der Waals surface area contributed by atoms with Crippen LogP contribution in [-0.2, 0) is 4.94 Å². The number of carbonyl (C=O) groups is 1. The van der Waals surface area contributed by atoms with Gasteiger partial charge in [0.15, 0.2) is 0 Å². The molecule has 1 aromatic heterocycles. The number of pyridine rings is 1. The molecule has 2 rings (SSSR count). The zero-order valence-corrected chi connectivity index (χ0v) is 12.6. The Morgan fingerprint density at radius 3 is 2.50 bits per heavy atom. The Balaban J connectivity index is 0.000000612. The summed E-state index contributed by atoms with van der Waals surface area (Å²) >= 11 is 3.29. The Labute approximate surface area is 125 Å². The van der Waals surface area contributed by atoms with Crippen LogP contribution >= 0.6 is 15.9 Å². The minimum Gasteiger partial charge on any atom is -0.307 e. The second-order valence-corrected chi connectivity index (χ2v) is 4.70. The molecule has 0 radical (unpaired) electrons. The van der Waals surface area contributed by atoms with Crippen LogP contribution in [0.15, 0.2) is 47.1 Å². The molecule has 1 aromatic carbocycles. The van der Waals surface area contributed by atoms with E-state index in [1.54, 1.807) is 18.3 Å². The summed E-state index contributed by atoms with van der Waals surface area (Å²) in [5, 5.41) is 2.76. The third-order valence-corrected chi connectivity index (χ3v) is 2.83. The van der Waals surface area contributed by atoms with Crippen molar-refractivity contribution < 1.29 is 14.3 Å². The molecular weight excluding hydrogens is 327 g/mol. The van der Waals surface area contributed by atoms with Crippen molar-refractivity contribution in [2.75, 3.05) is 12.4 Å². The van der Waals surface area contributed by atoms with Gasteiger partial charge in [0.05, 0.1) is 7.11 Å². The van der Waals surface area contributed by atoms with Gasteiger partial charge in [-0.3, -0.25) is 4.79 Å². The number of aromatic nitrogens is 1. The summed E-state index contributed by atoms with van der Waals surface area (Å²) in [7, 11) is 0.958. The van der Waals surface area contributed by atoms with E-state index in [1.807, 2.05) is 31.2 Å². The topological polar surface area (TPSA) is 51.2 Å². The predicted molar refractivity (Wildman–Crippen MR) is 79.2 cm³/mol. The van der Waals surface area contributed by atoms with Crippen molar-refractivity contribution >= 4 is 27.7 Å². The van der Waals surface area contributed by atoms with Crippen LogP contribution in [0.25, 0.3) is 0 Å². The lowest BCUT2D eigenvalue weighted by molar-refractivity contribution is -0.0960. The molecule has 20 heavy (non-hydrogen) atoms. The lowest BCUT2D eigenvalue weighted by Crippen LogP contribution is -2.14. The van der Waals surface area contributed by atoms with Gasteiger partial charge in [0.25, 0.3) is 5.91 Å². The van der Waals surface area contributed by atoms with E-state index in [9.17, 15) is 9.32 Å². The molecule has 0 fully saturated rings. The zero-order valence-electron chi connectivity index (χ0n) is 11.1. The van der Waals surface area contributed by atoms with Crippen LogP contribution in [-0.4, -0.2) is 18.0 Å². The van der Waals surface area contributed by atoms with Gasteiger partial charge in [-0.1, -0.05) is 18.2 Å². The van der Waals surface area contributed by atoms with Crippen LogP contribution in [0.2, 0.25) is 0 Å². The lowest BCUT2D eigenvalue weighted by Gasteiger charge is -2.06. The molecule has 0 saturated carbocycles. The normalized spacial score (nSPS) is 9.40. The Kier molecular flexibility index (Phi) is 6.83. The van der Waals surface area contributed by atoms with E-state index in [2.05, 4.69) is 31.2 Å². The minimum absolute atomic E-state index is 0.141. The molecule has 0 spiro atoms. The highest BCUT2D eigenvalue weighted by Crippen LogP contribution is 2.13. The van der Waals surface area contributed by atoms with Crippen LogP contribution in [0, 0.1) is 6.92 Å². The smallest absolute Gasteiger partial charge is 0.257 e. The summed E-state index contributed by atoms with van der Waals surface area (Å²) in [5.41, 5.74) is 1.61. The molecule has 6 heteroatoms. The molecular formula is C14H14BrFN2O2. The van der Waals surface area contributed by atoms with Gasteiger partial charge >= 0.3 is 0 Å². The fraction of sp³-hybridized carbons (Fsp3) is 0.143. The monoisotopic (exact) mass is 340 g/mol. The molecule has 1 heterocycles. The average molecular weight is 341 g/mol. The summed E-state index contributed by atoms with van der Waals surface area (Å²) in [5.74, 6) is 0.402. The zero-order chi connectivity index (χ0) is 15.0. The van der Waals surface area contributed by atoms with E-state index < -0.39 is 0 Å². The molecule has 1 N–H and O–H groups in total. The van der Waals surface area contributed by atoms with Crippen molar-refractivity contribution in [1.82, 2.24) is 4.98 Å². The molecule has 4 nitrogen and oxygen atoms in total. The van der Waals surface area contributed by atoms with Crippen LogP contribution in [0.4, 0.5) is 10.3 Å². The maximum atomic E-state index is 12.0. The number of amides is 1. The number of rotatable bonds is 2. The number of benzene rings is 1. The highest BCUT2D eigenvalue weighted by atomic mass is 79.9. The van der Waals surface area contributed by atoms with E-state index in [4.69, 9.17) is 0 Å². The average Bonchev–Trinajstić information content (AvgIpc) is 2.43. The van der Waals surface area contributed by atoms with Crippen molar-refractivity contribution in [3.8, 4) is 0 Å². The summed E-state index contributed by atoms with van der Waals surface area (Å²) in [4.78, 5) is 18.8. The van der Waals surface area contributed by atoms with Gasteiger partial charge in [-0.2, -0.15) is 4.94 Å². The first kappa shape index (κ1) is 16.3. The fourth-order valence-electron chi connectivity index (χ4n) is 1.46. The molecule has 106 valence electrons. The van der Waals surface area contributed by atoms with Crippen molar-refractivity contribution in [1.29, 1.82) is 0 Å². The van der Waals surface area contributed by atoms with Crippen molar-refractivity contribution in [3.63, 3.8) is 0 Å². The van der Waals surface area contributed by atoms with Crippen LogP contribution in [0.5, 0.6) is 0 Å². The summed E-state index contributed by atoms with van der Waals surface area (Å²) in [6, 6.07) is 11.0. The molecule has 0 aliphatic carbocycles. The van der Waals surface area contributed by atoms with Crippen LogP contribution in [0.1, 0.15) is 15.9 Å². The maximum absolute atomic E-state index is 12.0. The second-order valence-electron chi connectivity index (χ2n) is 3.79. The molecule has 0 bridgehead atoms. The molecule has 2 aromatic rings. The number of halogens is 2. The van der Waals surface area contributed by atoms with E-state index in [-0.39, 0.29) is 5.91 Å².